The van der Waals surface area contributed by atoms with Crippen molar-refractivity contribution >= 4 is 22.5 Å². The van der Waals surface area contributed by atoms with Crippen molar-refractivity contribution in [3.05, 3.63) is 65.4 Å². The highest BCUT2D eigenvalue weighted by atomic mass is 16.5. The van der Waals surface area contributed by atoms with Crippen molar-refractivity contribution in [1.82, 2.24) is 10.3 Å². The number of aryl methyl sites for hydroxylation is 1. The van der Waals surface area contributed by atoms with E-state index in [0.29, 0.717) is 12.2 Å². The van der Waals surface area contributed by atoms with E-state index in [0.717, 1.165) is 66.4 Å². The molecule has 172 valence electrons. The van der Waals surface area contributed by atoms with Crippen LogP contribution in [0.2, 0.25) is 0 Å². The molecule has 1 amide bonds. The molecule has 1 saturated heterocycles. The van der Waals surface area contributed by atoms with Gasteiger partial charge in [-0.3, -0.25) is 9.78 Å². The van der Waals surface area contributed by atoms with E-state index in [4.69, 9.17) is 9.47 Å². The van der Waals surface area contributed by atoms with Crippen molar-refractivity contribution in [1.29, 1.82) is 0 Å². The molecule has 6 nitrogen and oxygen atoms in total. The van der Waals surface area contributed by atoms with Gasteiger partial charge in [-0.15, -0.1) is 0 Å². The molecule has 2 heterocycles. The van der Waals surface area contributed by atoms with Crippen LogP contribution in [0.4, 0.5) is 5.69 Å². The smallest absolute Gasteiger partial charge is 0.255 e. The molecule has 1 aliphatic carbocycles. The van der Waals surface area contributed by atoms with E-state index in [1.54, 1.807) is 12.1 Å². The second-order valence-electron chi connectivity index (χ2n) is 9.15. The number of benzene rings is 2. The third-order valence-corrected chi connectivity index (χ3v) is 6.45. The van der Waals surface area contributed by atoms with Crippen molar-refractivity contribution in [3.63, 3.8) is 0 Å². The molecule has 0 unspecified atom stereocenters. The number of amides is 1. The molecule has 1 saturated carbocycles. The summed E-state index contributed by atoms with van der Waals surface area (Å²) in [5.74, 6) is 1.46. The lowest BCUT2D eigenvalue weighted by Gasteiger charge is -2.13. The Labute approximate surface area is 194 Å². The number of carbonyl (C=O) groups is 1. The number of nitrogens with one attached hydrogen (secondary N) is 2. The minimum absolute atomic E-state index is 0.149. The average molecular weight is 446 g/mol. The van der Waals surface area contributed by atoms with Gasteiger partial charge < -0.3 is 20.1 Å². The summed E-state index contributed by atoms with van der Waals surface area (Å²) in [7, 11) is 0. The number of nitrogens with zero attached hydrogens (tertiary/aromatic N) is 1. The fourth-order valence-corrected chi connectivity index (χ4v) is 4.23. The predicted octanol–water partition coefficient (Wildman–Crippen LogP) is 4.85. The lowest BCUT2D eigenvalue weighted by atomic mass is 10.1. The van der Waals surface area contributed by atoms with E-state index < -0.39 is 0 Å². The number of hydrogen-bond donors (Lipinski definition) is 2. The van der Waals surface area contributed by atoms with Crippen molar-refractivity contribution in [2.45, 2.75) is 45.3 Å². The second kappa shape index (κ2) is 9.89. The summed E-state index contributed by atoms with van der Waals surface area (Å²) < 4.78 is 11.4. The molecule has 6 heteroatoms. The number of pyridine rings is 1. The summed E-state index contributed by atoms with van der Waals surface area (Å²) in [4.78, 5) is 17.5. The van der Waals surface area contributed by atoms with Gasteiger partial charge in [0, 0.05) is 36.0 Å². The molecule has 5 rings (SSSR count). The minimum atomic E-state index is -0.149. The maximum atomic E-state index is 12.8. The fourth-order valence-electron chi connectivity index (χ4n) is 4.23. The Balaban J connectivity index is 1.21. The molecule has 2 aromatic carbocycles. The summed E-state index contributed by atoms with van der Waals surface area (Å²) in [5.41, 5.74) is 4.43. The predicted molar refractivity (Wildman–Crippen MR) is 130 cm³/mol. The zero-order valence-electron chi connectivity index (χ0n) is 19.1. The number of anilines is 1. The summed E-state index contributed by atoms with van der Waals surface area (Å²) >= 11 is 0. The third-order valence-electron chi connectivity index (χ3n) is 6.45. The summed E-state index contributed by atoms with van der Waals surface area (Å²) in [6.45, 7) is 5.29. The van der Waals surface area contributed by atoms with Gasteiger partial charge >= 0.3 is 0 Å². The molecule has 2 aliphatic rings. The highest BCUT2D eigenvalue weighted by molar-refractivity contribution is 6.06. The van der Waals surface area contributed by atoms with Crippen LogP contribution in [0, 0.1) is 12.8 Å². The van der Waals surface area contributed by atoms with Crippen molar-refractivity contribution in [2.75, 3.05) is 25.1 Å². The summed E-state index contributed by atoms with van der Waals surface area (Å²) in [6.07, 6.45) is 6.94. The number of rotatable bonds is 9. The van der Waals surface area contributed by atoms with E-state index in [1.165, 1.54) is 18.4 Å². The number of fused-ring (bicyclic) bond motifs is 1. The Bertz CT molecular complexity index is 1120. The topological polar surface area (TPSA) is 72.5 Å². The molecule has 0 spiro atoms. The first-order valence-electron chi connectivity index (χ1n) is 11.9. The van der Waals surface area contributed by atoms with Crippen molar-refractivity contribution in [2.24, 2.45) is 5.92 Å². The monoisotopic (exact) mass is 445 g/mol. The first-order valence-corrected chi connectivity index (χ1v) is 11.9. The first kappa shape index (κ1) is 21.9. The van der Waals surface area contributed by atoms with Gasteiger partial charge in [0.25, 0.3) is 5.91 Å². The first-order chi connectivity index (χ1) is 16.2. The molecule has 2 fully saturated rings. The Hall–Kier alpha value is -2.96. The molecule has 1 aromatic heterocycles. The van der Waals surface area contributed by atoms with E-state index in [1.807, 2.05) is 37.4 Å². The largest absolute Gasteiger partial charge is 0.491 e. The number of aromatic nitrogens is 1. The van der Waals surface area contributed by atoms with Gasteiger partial charge in [-0.2, -0.15) is 0 Å². The highest BCUT2D eigenvalue weighted by Gasteiger charge is 2.20. The van der Waals surface area contributed by atoms with Gasteiger partial charge in [0.05, 0.1) is 11.6 Å². The SMILES string of the molecule is Cc1c(NC(=O)c2ccc(OC[C@H]3CCCO3)cc2)ccc2cc(CNCC3CC3)cnc12. The van der Waals surface area contributed by atoms with Crippen LogP contribution in [0.25, 0.3) is 10.9 Å². The molecule has 0 radical (unpaired) electrons. The van der Waals surface area contributed by atoms with E-state index >= 15 is 0 Å². The quantitative estimate of drug-likeness (QED) is 0.492. The summed E-state index contributed by atoms with van der Waals surface area (Å²) in [6, 6.07) is 13.4. The molecule has 1 atom stereocenters. The third kappa shape index (κ3) is 5.52. The number of hydrogen-bond acceptors (Lipinski definition) is 5. The van der Waals surface area contributed by atoms with E-state index in [9.17, 15) is 4.79 Å². The van der Waals surface area contributed by atoms with Gasteiger partial charge in [-0.25, -0.2) is 0 Å². The van der Waals surface area contributed by atoms with Gasteiger partial charge in [0.2, 0.25) is 0 Å². The molecule has 0 bridgehead atoms. The van der Waals surface area contributed by atoms with Crippen LogP contribution in [0.15, 0.2) is 48.7 Å². The van der Waals surface area contributed by atoms with Crippen LogP contribution in [-0.4, -0.2) is 36.8 Å². The number of ether oxygens (including phenoxy) is 2. The highest BCUT2D eigenvalue weighted by Crippen LogP contribution is 2.28. The standard InChI is InChI=1S/C27H31N3O3/c1-18-25(11-8-22-13-20(16-29-26(18)22)15-28-14-19-4-5-19)30-27(31)21-6-9-23(10-7-21)33-17-24-3-2-12-32-24/h6-11,13,16,19,24,28H,2-5,12,14-15,17H2,1H3,(H,30,31)/t24-/m1/s1. The Kier molecular flexibility index (Phi) is 6.55. The number of carbonyl (C=O) groups excluding carboxylic acids is 1. The molecule has 2 N–H and O–H groups in total. The molecule has 33 heavy (non-hydrogen) atoms. The van der Waals surface area contributed by atoms with Gasteiger partial charge in [-0.05, 0) is 92.6 Å². The van der Waals surface area contributed by atoms with Crippen LogP contribution in [0.3, 0.4) is 0 Å². The maximum absolute atomic E-state index is 12.8. The fraction of sp³-hybridized carbons (Fsp3) is 0.407. The normalized spacial score (nSPS) is 17.9. The van der Waals surface area contributed by atoms with Crippen molar-refractivity contribution in [3.8, 4) is 5.75 Å². The van der Waals surface area contributed by atoms with Gasteiger partial charge in [0.15, 0.2) is 0 Å². The zero-order valence-corrected chi connectivity index (χ0v) is 19.1. The molecule has 3 aromatic rings. The van der Waals surface area contributed by atoms with E-state index in [-0.39, 0.29) is 12.0 Å². The molecular weight excluding hydrogens is 414 g/mol. The zero-order chi connectivity index (χ0) is 22.6. The minimum Gasteiger partial charge on any atom is -0.491 e. The molecular formula is C27H31N3O3. The van der Waals surface area contributed by atoms with Gasteiger partial charge in [-0.1, -0.05) is 6.07 Å². The maximum Gasteiger partial charge on any atom is 0.255 e. The lowest BCUT2D eigenvalue weighted by Crippen LogP contribution is -2.16. The Morgan fingerprint density at radius 2 is 2.00 bits per heavy atom. The molecule has 1 aliphatic heterocycles. The summed E-state index contributed by atoms with van der Waals surface area (Å²) in [5, 5.41) is 7.63. The lowest BCUT2D eigenvalue weighted by molar-refractivity contribution is 0.0679. The van der Waals surface area contributed by atoms with Crippen LogP contribution < -0.4 is 15.4 Å². The Morgan fingerprint density at radius 3 is 2.76 bits per heavy atom. The van der Waals surface area contributed by atoms with Crippen LogP contribution >= 0.6 is 0 Å². The van der Waals surface area contributed by atoms with Crippen molar-refractivity contribution < 1.29 is 14.3 Å². The van der Waals surface area contributed by atoms with E-state index in [2.05, 4.69) is 21.7 Å². The van der Waals surface area contributed by atoms with Crippen LogP contribution in [0.5, 0.6) is 5.75 Å². The van der Waals surface area contributed by atoms with Crippen LogP contribution in [-0.2, 0) is 11.3 Å². The average Bonchev–Trinajstić information content (AvgIpc) is 3.51. The second-order valence-corrected chi connectivity index (χ2v) is 9.15. The van der Waals surface area contributed by atoms with Gasteiger partial charge in [0.1, 0.15) is 12.4 Å². The Morgan fingerprint density at radius 1 is 1.15 bits per heavy atom. The van der Waals surface area contributed by atoms with Crippen LogP contribution in [0.1, 0.15) is 47.2 Å².